The third kappa shape index (κ3) is 5.09. The van der Waals surface area contributed by atoms with Gasteiger partial charge in [0.25, 0.3) is 0 Å². The van der Waals surface area contributed by atoms with Crippen LogP contribution in [0.4, 0.5) is 5.69 Å². The summed E-state index contributed by atoms with van der Waals surface area (Å²) in [7, 11) is 0. The summed E-state index contributed by atoms with van der Waals surface area (Å²) < 4.78 is 0. The molecule has 0 fully saturated rings. The minimum absolute atomic E-state index is 0.122. The van der Waals surface area contributed by atoms with E-state index in [9.17, 15) is 4.79 Å². The average Bonchev–Trinajstić information content (AvgIpc) is 2.58. The van der Waals surface area contributed by atoms with E-state index in [0.717, 1.165) is 11.3 Å². The Kier molecular flexibility index (Phi) is 6.63. The van der Waals surface area contributed by atoms with Crippen LogP contribution in [-0.2, 0) is 11.3 Å². The second-order valence-electron chi connectivity index (χ2n) is 7.15. The number of nitrogens with one attached hydrogen (secondary N) is 1. The maximum absolute atomic E-state index is 12.8. The van der Waals surface area contributed by atoms with E-state index in [4.69, 9.17) is 0 Å². The number of amides is 1. The Balaban J connectivity index is 2.10. The van der Waals surface area contributed by atoms with Crippen molar-refractivity contribution >= 4 is 11.6 Å². The Morgan fingerprint density at radius 1 is 1.00 bits per heavy atom. The van der Waals surface area contributed by atoms with Gasteiger partial charge in [-0.15, -0.1) is 0 Å². The first kappa shape index (κ1) is 19.0. The van der Waals surface area contributed by atoms with Crippen LogP contribution in [0.25, 0.3) is 0 Å². The van der Waals surface area contributed by atoms with E-state index < -0.39 is 0 Å². The molecule has 0 aliphatic carbocycles. The number of para-hydroxylation sites is 1. The number of benzene rings is 2. The average molecular weight is 338 g/mol. The quantitative estimate of drug-likeness (QED) is 0.773. The summed E-state index contributed by atoms with van der Waals surface area (Å²) in [5.74, 6) is 0.542. The van der Waals surface area contributed by atoms with Crippen LogP contribution in [0.15, 0.2) is 48.5 Å². The van der Waals surface area contributed by atoms with Gasteiger partial charge in [0.05, 0.1) is 6.54 Å². The van der Waals surface area contributed by atoms with E-state index in [2.05, 4.69) is 70.3 Å². The van der Waals surface area contributed by atoms with Crippen molar-refractivity contribution in [1.82, 2.24) is 4.90 Å². The van der Waals surface area contributed by atoms with Gasteiger partial charge in [-0.1, -0.05) is 62.4 Å². The van der Waals surface area contributed by atoms with Gasteiger partial charge in [0.1, 0.15) is 0 Å². The lowest BCUT2D eigenvalue weighted by atomic mass is 9.98. The molecule has 1 amide bonds. The molecular formula is C22H30N2O. The second-order valence-corrected chi connectivity index (χ2v) is 7.15. The van der Waals surface area contributed by atoms with Crippen molar-refractivity contribution in [2.24, 2.45) is 0 Å². The van der Waals surface area contributed by atoms with Crippen LogP contribution in [0.5, 0.6) is 0 Å². The third-order valence-electron chi connectivity index (χ3n) is 4.48. The predicted octanol–water partition coefficient (Wildman–Crippen LogP) is 4.97. The van der Waals surface area contributed by atoms with Crippen molar-refractivity contribution in [2.45, 2.75) is 53.1 Å². The Labute approximate surface area is 152 Å². The number of carbonyl (C=O) groups excluding carboxylic acids is 1. The minimum atomic E-state index is 0.122. The van der Waals surface area contributed by atoms with Crippen molar-refractivity contribution in [3.63, 3.8) is 0 Å². The van der Waals surface area contributed by atoms with Gasteiger partial charge in [0.2, 0.25) is 5.91 Å². The lowest BCUT2D eigenvalue weighted by molar-refractivity contribution is -0.131. The maximum Gasteiger partial charge on any atom is 0.242 e. The summed E-state index contributed by atoms with van der Waals surface area (Å²) in [6.07, 6.45) is 0. The highest BCUT2D eigenvalue weighted by molar-refractivity contribution is 5.81. The zero-order valence-electron chi connectivity index (χ0n) is 16.0. The van der Waals surface area contributed by atoms with E-state index in [-0.39, 0.29) is 11.9 Å². The highest BCUT2D eigenvalue weighted by atomic mass is 16.2. The molecule has 0 heterocycles. The molecule has 134 valence electrons. The first-order valence-electron chi connectivity index (χ1n) is 9.07. The van der Waals surface area contributed by atoms with Gasteiger partial charge in [0.15, 0.2) is 0 Å². The van der Waals surface area contributed by atoms with E-state index >= 15 is 0 Å². The van der Waals surface area contributed by atoms with E-state index in [1.807, 2.05) is 23.1 Å². The van der Waals surface area contributed by atoms with Crippen molar-refractivity contribution in [2.75, 3.05) is 11.9 Å². The van der Waals surface area contributed by atoms with Crippen LogP contribution in [0.2, 0.25) is 0 Å². The molecular weight excluding hydrogens is 308 g/mol. The number of rotatable bonds is 7. The van der Waals surface area contributed by atoms with Crippen LogP contribution >= 0.6 is 0 Å². The fourth-order valence-corrected chi connectivity index (χ4v) is 3.02. The molecule has 0 saturated heterocycles. The fraction of sp³-hybridized carbons (Fsp3) is 0.409. The summed E-state index contributed by atoms with van der Waals surface area (Å²) in [4.78, 5) is 14.7. The van der Waals surface area contributed by atoms with Crippen molar-refractivity contribution in [1.29, 1.82) is 0 Å². The molecule has 2 aromatic carbocycles. The van der Waals surface area contributed by atoms with Gasteiger partial charge in [-0.2, -0.15) is 0 Å². The number of hydrogen-bond donors (Lipinski definition) is 1. The van der Waals surface area contributed by atoms with Crippen LogP contribution < -0.4 is 5.32 Å². The second kappa shape index (κ2) is 8.70. The van der Waals surface area contributed by atoms with E-state index in [1.165, 1.54) is 11.1 Å². The molecule has 0 aromatic heterocycles. The van der Waals surface area contributed by atoms with Gasteiger partial charge < -0.3 is 10.2 Å². The summed E-state index contributed by atoms with van der Waals surface area (Å²) >= 11 is 0. The number of hydrogen-bond acceptors (Lipinski definition) is 2. The van der Waals surface area contributed by atoms with E-state index in [1.54, 1.807) is 0 Å². The molecule has 0 spiro atoms. The minimum Gasteiger partial charge on any atom is -0.376 e. The smallest absolute Gasteiger partial charge is 0.242 e. The molecule has 0 aliphatic heterocycles. The Bertz CT molecular complexity index is 692. The fourth-order valence-electron chi connectivity index (χ4n) is 3.02. The molecule has 0 aliphatic rings. The zero-order chi connectivity index (χ0) is 18.4. The predicted molar refractivity (Wildman–Crippen MR) is 106 cm³/mol. The SMILES string of the molecule is Cc1cccc(C(C)C)c1NCC(=O)N(Cc1ccccc1)C(C)C. The number of anilines is 1. The summed E-state index contributed by atoms with van der Waals surface area (Å²) in [5.41, 5.74) is 4.68. The van der Waals surface area contributed by atoms with Crippen LogP contribution in [0, 0.1) is 6.92 Å². The maximum atomic E-state index is 12.8. The Morgan fingerprint density at radius 3 is 2.28 bits per heavy atom. The number of carbonyl (C=O) groups is 1. The van der Waals surface area contributed by atoms with Gasteiger partial charge in [-0.3, -0.25) is 4.79 Å². The van der Waals surface area contributed by atoms with Crippen LogP contribution in [0.1, 0.15) is 50.3 Å². The lowest BCUT2D eigenvalue weighted by Crippen LogP contribution is -2.40. The molecule has 3 heteroatoms. The van der Waals surface area contributed by atoms with Crippen LogP contribution in [0.3, 0.4) is 0 Å². The van der Waals surface area contributed by atoms with E-state index in [0.29, 0.717) is 19.0 Å². The molecule has 2 aromatic rings. The molecule has 0 bridgehead atoms. The molecule has 0 saturated carbocycles. The zero-order valence-corrected chi connectivity index (χ0v) is 16.0. The van der Waals surface area contributed by atoms with Crippen molar-refractivity contribution in [3.05, 3.63) is 65.2 Å². The van der Waals surface area contributed by atoms with Crippen molar-refractivity contribution < 1.29 is 4.79 Å². The van der Waals surface area contributed by atoms with Crippen LogP contribution in [-0.4, -0.2) is 23.4 Å². The van der Waals surface area contributed by atoms with Gasteiger partial charge >= 0.3 is 0 Å². The van der Waals surface area contributed by atoms with Gasteiger partial charge in [0, 0.05) is 18.3 Å². The first-order valence-corrected chi connectivity index (χ1v) is 9.07. The van der Waals surface area contributed by atoms with Gasteiger partial charge in [-0.25, -0.2) is 0 Å². The van der Waals surface area contributed by atoms with Gasteiger partial charge in [-0.05, 0) is 43.4 Å². The molecule has 3 nitrogen and oxygen atoms in total. The topological polar surface area (TPSA) is 32.3 Å². The first-order chi connectivity index (χ1) is 11.9. The highest BCUT2D eigenvalue weighted by Gasteiger charge is 2.18. The largest absolute Gasteiger partial charge is 0.376 e. The molecule has 0 unspecified atom stereocenters. The molecule has 25 heavy (non-hydrogen) atoms. The molecule has 0 atom stereocenters. The Hall–Kier alpha value is -2.29. The summed E-state index contributed by atoms with van der Waals surface area (Å²) in [6, 6.07) is 16.6. The molecule has 1 N–H and O–H groups in total. The summed E-state index contributed by atoms with van der Waals surface area (Å²) in [5, 5.41) is 3.39. The summed E-state index contributed by atoms with van der Waals surface area (Å²) in [6.45, 7) is 11.5. The number of nitrogens with zero attached hydrogens (tertiary/aromatic N) is 1. The highest BCUT2D eigenvalue weighted by Crippen LogP contribution is 2.27. The number of aryl methyl sites for hydroxylation is 1. The monoisotopic (exact) mass is 338 g/mol. The molecule has 2 rings (SSSR count). The lowest BCUT2D eigenvalue weighted by Gasteiger charge is -2.28. The Morgan fingerprint density at radius 2 is 1.68 bits per heavy atom. The third-order valence-corrected chi connectivity index (χ3v) is 4.48. The normalized spacial score (nSPS) is 11.0. The standard InChI is InChI=1S/C22H30N2O/c1-16(2)20-13-9-10-18(5)22(20)23-14-21(25)24(17(3)4)15-19-11-7-6-8-12-19/h6-13,16-17,23H,14-15H2,1-5H3. The van der Waals surface area contributed by atoms with Crippen molar-refractivity contribution in [3.8, 4) is 0 Å². The molecule has 0 radical (unpaired) electrons.